The van der Waals surface area contributed by atoms with Gasteiger partial charge in [-0.05, 0) is 38.1 Å². The van der Waals surface area contributed by atoms with Crippen LogP contribution >= 0.6 is 0 Å². The third-order valence-corrected chi connectivity index (χ3v) is 3.15. The van der Waals surface area contributed by atoms with Gasteiger partial charge in [0.05, 0.1) is 18.5 Å². The van der Waals surface area contributed by atoms with Crippen LogP contribution < -0.4 is 15.2 Å². The maximum absolute atomic E-state index is 5.87. The van der Waals surface area contributed by atoms with E-state index < -0.39 is 0 Å². The molecule has 0 saturated heterocycles. The van der Waals surface area contributed by atoms with Crippen molar-refractivity contribution in [1.29, 1.82) is 0 Å². The first-order valence-electron chi connectivity index (χ1n) is 6.71. The van der Waals surface area contributed by atoms with E-state index in [2.05, 4.69) is 12.0 Å². The van der Waals surface area contributed by atoms with E-state index in [0.29, 0.717) is 13.2 Å². The Morgan fingerprint density at radius 3 is 2.75 bits per heavy atom. The van der Waals surface area contributed by atoms with Crippen LogP contribution in [0, 0.1) is 6.92 Å². The highest BCUT2D eigenvalue weighted by atomic mass is 16.5. The van der Waals surface area contributed by atoms with Crippen LogP contribution in [0.3, 0.4) is 0 Å². The normalized spacial score (nSPS) is 10.6. The number of rotatable bonds is 6. The molecule has 5 nitrogen and oxygen atoms in total. The summed E-state index contributed by atoms with van der Waals surface area (Å²) in [4.78, 5) is 0. The maximum Gasteiger partial charge on any atom is 0.130 e. The Kier molecular flexibility index (Phi) is 4.63. The molecule has 1 aromatic heterocycles. The van der Waals surface area contributed by atoms with Crippen molar-refractivity contribution in [2.24, 2.45) is 5.73 Å². The van der Waals surface area contributed by atoms with Gasteiger partial charge in [0.1, 0.15) is 18.1 Å². The lowest BCUT2D eigenvalue weighted by molar-refractivity contribution is 0.289. The first-order chi connectivity index (χ1) is 9.67. The summed E-state index contributed by atoms with van der Waals surface area (Å²) >= 11 is 0. The lowest BCUT2D eigenvalue weighted by atomic mass is 10.2. The van der Waals surface area contributed by atoms with Gasteiger partial charge in [0.25, 0.3) is 0 Å². The topological polar surface area (TPSA) is 62.3 Å². The first-order valence-corrected chi connectivity index (χ1v) is 6.71. The molecule has 0 saturated carbocycles. The fourth-order valence-corrected chi connectivity index (χ4v) is 2.12. The van der Waals surface area contributed by atoms with Crippen molar-refractivity contribution >= 4 is 0 Å². The Balaban J connectivity index is 2.14. The quantitative estimate of drug-likeness (QED) is 0.878. The fourth-order valence-electron chi connectivity index (χ4n) is 2.12. The molecule has 0 atom stereocenters. The number of hydrogen-bond donors (Lipinski definition) is 1. The van der Waals surface area contributed by atoms with Crippen LogP contribution in [0.15, 0.2) is 24.3 Å². The number of aryl methyl sites for hydroxylation is 2. The molecule has 2 N–H and O–H groups in total. The minimum Gasteiger partial charge on any atom is -0.497 e. The lowest BCUT2D eigenvalue weighted by Crippen LogP contribution is -2.08. The monoisotopic (exact) mass is 275 g/mol. The standard InChI is InChI=1S/C15H21N3O2/c1-4-18-13(7-11(2)17-18)10-20-15-6-5-14(19-3)8-12(15)9-16/h5-8H,4,9-10,16H2,1-3H3. The number of hydrogen-bond acceptors (Lipinski definition) is 4. The van der Waals surface area contributed by atoms with Crippen LogP contribution in [0.2, 0.25) is 0 Å². The van der Waals surface area contributed by atoms with Gasteiger partial charge < -0.3 is 15.2 Å². The molecule has 0 radical (unpaired) electrons. The van der Waals surface area contributed by atoms with Gasteiger partial charge >= 0.3 is 0 Å². The largest absolute Gasteiger partial charge is 0.497 e. The number of benzene rings is 1. The molecule has 0 aliphatic heterocycles. The molecule has 2 rings (SSSR count). The van der Waals surface area contributed by atoms with E-state index in [1.165, 1.54) is 0 Å². The highest BCUT2D eigenvalue weighted by molar-refractivity contribution is 5.40. The Morgan fingerprint density at radius 1 is 1.30 bits per heavy atom. The van der Waals surface area contributed by atoms with Gasteiger partial charge in [0, 0.05) is 18.7 Å². The lowest BCUT2D eigenvalue weighted by Gasteiger charge is -2.12. The number of ether oxygens (including phenoxy) is 2. The third-order valence-electron chi connectivity index (χ3n) is 3.15. The summed E-state index contributed by atoms with van der Waals surface area (Å²) in [5.41, 5.74) is 8.74. The van der Waals surface area contributed by atoms with E-state index in [-0.39, 0.29) is 0 Å². The molecule has 0 aliphatic carbocycles. The average Bonchev–Trinajstić information content (AvgIpc) is 2.85. The van der Waals surface area contributed by atoms with Gasteiger partial charge in [0.15, 0.2) is 0 Å². The minimum absolute atomic E-state index is 0.415. The first kappa shape index (κ1) is 14.4. The van der Waals surface area contributed by atoms with Crippen molar-refractivity contribution in [3.05, 3.63) is 41.2 Å². The van der Waals surface area contributed by atoms with Crippen LogP contribution in [-0.4, -0.2) is 16.9 Å². The molecular formula is C15H21N3O2. The van der Waals surface area contributed by atoms with Crippen LogP contribution in [-0.2, 0) is 19.7 Å². The molecule has 2 aromatic rings. The zero-order valence-corrected chi connectivity index (χ0v) is 12.2. The van der Waals surface area contributed by atoms with Crippen molar-refractivity contribution in [2.75, 3.05) is 7.11 Å². The van der Waals surface area contributed by atoms with Crippen molar-refractivity contribution in [3.8, 4) is 11.5 Å². The van der Waals surface area contributed by atoms with Crippen molar-refractivity contribution < 1.29 is 9.47 Å². The SMILES string of the molecule is CCn1nc(C)cc1COc1ccc(OC)cc1CN. The number of nitrogens with zero attached hydrogens (tertiary/aromatic N) is 2. The Bertz CT molecular complexity index is 578. The third kappa shape index (κ3) is 3.11. The van der Waals surface area contributed by atoms with Crippen molar-refractivity contribution in [2.45, 2.75) is 33.5 Å². The molecule has 0 amide bonds. The minimum atomic E-state index is 0.415. The van der Waals surface area contributed by atoms with Crippen molar-refractivity contribution in [1.82, 2.24) is 9.78 Å². The zero-order valence-electron chi connectivity index (χ0n) is 12.2. The van der Waals surface area contributed by atoms with E-state index in [4.69, 9.17) is 15.2 Å². The predicted octanol–water partition coefficient (Wildman–Crippen LogP) is 2.26. The number of aromatic nitrogens is 2. The molecular weight excluding hydrogens is 254 g/mol. The highest BCUT2D eigenvalue weighted by Gasteiger charge is 2.08. The fraction of sp³-hybridized carbons (Fsp3) is 0.400. The maximum atomic E-state index is 5.87. The zero-order chi connectivity index (χ0) is 14.5. The van der Waals surface area contributed by atoms with E-state index in [0.717, 1.165) is 35.0 Å². The molecule has 1 aromatic carbocycles. The Morgan fingerprint density at radius 2 is 2.10 bits per heavy atom. The second kappa shape index (κ2) is 6.43. The van der Waals surface area contributed by atoms with Gasteiger partial charge in [-0.3, -0.25) is 4.68 Å². The highest BCUT2D eigenvalue weighted by Crippen LogP contribution is 2.24. The van der Waals surface area contributed by atoms with Gasteiger partial charge in [-0.2, -0.15) is 5.10 Å². The number of nitrogens with two attached hydrogens (primary N) is 1. The van der Waals surface area contributed by atoms with Crippen LogP contribution in [0.4, 0.5) is 0 Å². The number of methoxy groups -OCH3 is 1. The van der Waals surface area contributed by atoms with Crippen LogP contribution in [0.5, 0.6) is 11.5 Å². The Labute approximate surface area is 119 Å². The second-order valence-corrected chi connectivity index (χ2v) is 4.56. The van der Waals surface area contributed by atoms with Crippen molar-refractivity contribution in [3.63, 3.8) is 0 Å². The van der Waals surface area contributed by atoms with Crippen LogP contribution in [0.25, 0.3) is 0 Å². The molecule has 0 aliphatic rings. The second-order valence-electron chi connectivity index (χ2n) is 4.56. The van der Waals surface area contributed by atoms with Gasteiger partial charge in [-0.1, -0.05) is 0 Å². The summed E-state index contributed by atoms with van der Waals surface area (Å²) in [5.74, 6) is 1.57. The molecule has 0 bridgehead atoms. The Hall–Kier alpha value is -2.01. The van der Waals surface area contributed by atoms with Gasteiger partial charge in [-0.25, -0.2) is 0 Å². The molecule has 0 unspecified atom stereocenters. The molecule has 108 valence electrons. The molecule has 5 heteroatoms. The summed E-state index contributed by atoms with van der Waals surface area (Å²) in [7, 11) is 1.64. The molecule has 1 heterocycles. The molecule has 20 heavy (non-hydrogen) atoms. The smallest absolute Gasteiger partial charge is 0.130 e. The van der Waals surface area contributed by atoms with E-state index in [1.54, 1.807) is 7.11 Å². The van der Waals surface area contributed by atoms with E-state index in [1.807, 2.05) is 35.9 Å². The molecule has 0 fully saturated rings. The predicted molar refractivity (Wildman–Crippen MR) is 77.9 cm³/mol. The summed E-state index contributed by atoms with van der Waals surface area (Å²) in [6.45, 7) is 5.77. The van der Waals surface area contributed by atoms with Crippen LogP contribution in [0.1, 0.15) is 23.9 Å². The summed E-state index contributed by atoms with van der Waals surface area (Å²) < 4.78 is 13.0. The van der Waals surface area contributed by atoms with Gasteiger partial charge in [0.2, 0.25) is 0 Å². The average molecular weight is 275 g/mol. The summed E-state index contributed by atoms with van der Waals surface area (Å²) in [6, 6.07) is 7.70. The van der Waals surface area contributed by atoms with E-state index >= 15 is 0 Å². The summed E-state index contributed by atoms with van der Waals surface area (Å²) in [6.07, 6.45) is 0. The summed E-state index contributed by atoms with van der Waals surface area (Å²) in [5, 5.41) is 4.40. The van der Waals surface area contributed by atoms with Gasteiger partial charge in [-0.15, -0.1) is 0 Å². The molecule has 0 spiro atoms. The van der Waals surface area contributed by atoms with E-state index in [9.17, 15) is 0 Å².